The lowest BCUT2D eigenvalue weighted by molar-refractivity contribution is -0.137. The van der Waals surface area contributed by atoms with E-state index in [2.05, 4.69) is 5.32 Å². The van der Waals surface area contributed by atoms with Gasteiger partial charge in [0.2, 0.25) is 5.91 Å². The van der Waals surface area contributed by atoms with E-state index in [1.807, 2.05) is 66.7 Å². The van der Waals surface area contributed by atoms with E-state index in [4.69, 9.17) is 20.8 Å². The average molecular weight is 453 g/mol. The van der Waals surface area contributed by atoms with E-state index in [1.54, 1.807) is 4.90 Å². The SMILES string of the molecule is O=C(NCc1ccc(-c2ccc(Cl)cc2)o1)C1CCN(C(=O)COc2ccccc2)CC1. The second-order valence-electron chi connectivity index (χ2n) is 7.75. The Labute approximate surface area is 192 Å². The molecule has 3 aromatic rings. The van der Waals surface area contributed by atoms with Crippen LogP contribution in [0.25, 0.3) is 11.3 Å². The number of hydrogen-bond acceptors (Lipinski definition) is 4. The number of carbonyl (C=O) groups excluding carboxylic acids is 2. The molecule has 1 fully saturated rings. The van der Waals surface area contributed by atoms with Crippen LogP contribution < -0.4 is 10.1 Å². The average Bonchev–Trinajstić information content (AvgIpc) is 3.31. The number of para-hydroxylation sites is 1. The Morgan fingerprint density at radius 2 is 1.72 bits per heavy atom. The Bertz CT molecular complexity index is 1040. The Balaban J connectivity index is 1.20. The molecule has 0 spiro atoms. The molecule has 166 valence electrons. The number of rotatable bonds is 7. The van der Waals surface area contributed by atoms with Gasteiger partial charge in [0, 0.05) is 29.6 Å². The third kappa shape index (κ3) is 5.71. The zero-order valence-electron chi connectivity index (χ0n) is 17.6. The molecule has 1 aliphatic rings. The molecule has 0 aliphatic carbocycles. The number of nitrogens with zero attached hydrogens (tertiary/aromatic N) is 1. The van der Waals surface area contributed by atoms with Crippen molar-refractivity contribution in [2.24, 2.45) is 5.92 Å². The molecule has 1 N–H and O–H groups in total. The minimum atomic E-state index is -0.111. The number of carbonyl (C=O) groups is 2. The van der Waals surface area contributed by atoms with E-state index >= 15 is 0 Å². The number of hydrogen-bond donors (Lipinski definition) is 1. The van der Waals surface area contributed by atoms with Gasteiger partial charge < -0.3 is 19.4 Å². The molecule has 1 saturated heterocycles. The van der Waals surface area contributed by atoms with Gasteiger partial charge in [-0.3, -0.25) is 9.59 Å². The summed E-state index contributed by atoms with van der Waals surface area (Å²) in [5, 5.41) is 3.62. The Morgan fingerprint density at radius 3 is 2.44 bits per heavy atom. The maximum atomic E-state index is 12.6. The van der Waals surface area contributed by atoms with Crippen LogP contribution in [0.15, 0.2) is 71.1 Å². The van der Waals surface area contributed by atoms with Gasteiger partial charge in [-0.1, -0.05) is 29.8 Å². The van der Waals surface area contributed by atoms with E-state index in [0.717, 1.165) is 11.3 Å². The van der Waals surface area contributed by atoms with Crippen molar-refractivity contribution in [1.82, 2.24) is 10.2 Å². The molecule has 32 heavy (non-hydrogen) atoms. The summed E-state index contributed by atoms with van der Waals surface area (Å²) in [6, 6.07) is 20.4. The fraction of sp³-hybridized carbons (Fsp3) is 0.280. The Hall–Kier alpha value is -3.25. The number of likely N-dealkylation sites (tertiary alicyclic amines) is 1. The molecule has 2 aromatic carbocycles. The standard InChI is InChI=1S/C25H25ClN2O4/c26-20-8-6-18(7-9-20)23-11-10-22(32-23)16-27-25(30)19-12-14-28(15-13-19)24(29)17-31-21-4-2-1-3-5-21/h1-11,19H,12-17H2,(H,27,30). The summed E-state index contributed by atoms with van der Waals surface area (Å²) < 4.78 is 11.4. The van der Waals surface area contributed by atoms with Gasteiger partial charge in [0.1, 0.15) is 17.3 Å². The topological polar surface area (TPSA) is 71.8 Å². The zero-order chi connectivity index (χ0) is 22.3. The fourth-order valence-corrected chi connectivity index (χ4v) is 3.83. The number of benzene rings is 2. The first-order valence-electron chi connectivity index (χ1n) is 10.7. The van der Waals surface area contributed by atoms with Gasteiger partial charge in [0.05, 0.1) is 6.54 Å². The van der Waals surface area contributed by atoms with Gasteiger partial charge in [-0.05, 0) is 61.4 Å². The number of nitrogens with one attached hydrogen (secondary N) is 1. The normalized spacial score (nSPS) is 14.2. The monoisotopic (exact) mass is 452 g/mol. The van der Waals surface area contributed by atoms with Crippen LogP contribution in [0.5, 0.6) is 5.75 Å². The first-order chi connectivity index (χ1) is 15.6. The minimum absolute atomic E-state index is 0.00925. The van der Waals surface area contributed by atoms with Crippen LogP contribution in [0, 0.1) is 5.92 Å². The number of ether oxygens (including phenoxy) is 1. The molecule has 0 bridgehead atoms. The highest BCUT2D eigenvalue weighted by atomic mass is 35.5. The molecule has 2 heterocycles. The van der Waals surface area contributed by atoms with Crippen LogP contribution in [0.1, 0.15) is 18.6 Å². The Morgan fingerprint density at radius 1 is 1.00 bits per heavy atom. The number of piperidine rings is 1. The highest BCUT2D eigenvalue weighted by Crippen LogP contribution is 2.24. The first kappa shape index (κ1) is 22.0. The van der Waals surface area contributed by atoms with Crippen molar-refractivity contribution in [1.29, 1.82) is 0 Å². The maximum absolute atomic E-state index is 12.6. The van der Waals surface area contributed by atoms with Crippen LogP contribution in [0.2, 0.25) is 5.02 Å². The summed E-state index contributed by atoms with van der Waals surface area (Å²) in [6.45, 7) is 1.44. The number of halogens is 1. The summed E-state index contributed by atoms with van der Waals surface area (Å²) in [4.78, 5) is 26.7. The second-order valence-corrected chi connectivity index (χ2v) is 8.18. The summed E-state index contributed by atoms with van der Waals surface area (Å²) in [6.07, 6.45) is 1.27. The highest BCUT2D eigenvalue weighted by Gasteiger charge is 2.27. The third-order valence-corrected chi connectivity index (χ3v) is 5.80. The van der Waals surface area contributed by atoms with Crippen LogP contribution >= 0.6 is 11.6 Å². The van der Waals surface area contributed by atoms with Gasteiger partial charge in [-0.25, -0.2) is 0 Å². The predicted molar refractivity (Wildman–Crippen MR) is 122 cm³/mol. The van der Waals surface area contributed by atoms with E-state index in [1.165, 1.54) is 0 Å². The lowest BCUT2D eigenvalue weighted by atomic mass is 9.96. The van der Waals surface area contributed by atoms with Crippen LogP contribution in [0.4, 0.5) is 0 Å². The van der Waals surface area contributed by atoms with Gasteiger partial charge in [-0.2, -0.15) is 0 Å². The predicted octanol–water partition coefficient (Wildman–Crippen LogP) is 4.53. The lowest BCUT2D eigenvalue weighted by Crippen LogP contribution is -2.44. The molecular formula is C25H25ClN2O4. The molecule has 0 saturated carbocycles. The highest BCUT2D eigenvalue weighted by molar-refractivity contribution is 6.30. The van der Waals surface area contributed by atoms with Crippen molar-refractivity contribution in [2.75, 3.05) is 19.7 Å². The minimum Gasteiger partial charge on any atom is -0.484 e. The summed E-state index contributed by atoms with van der Waals surface area (Å²) >= 11 is 5.92. The first-order valence-corrected chi connectivity index (χ1v) is 11.0. The van der Waals surface area contributed by atoms with Crippen molar-refractivity contribution in [3.63, 3.8) is 0 Å². The van der Waals surface area contributed by atoms with E-state index < -0.39 is 0 Å². The molecule has 6 nitrogen and oxygen atoms in total. The molecule has 0 atom stereocenters. The van der Waals surface area contributed by atoms with Crippen molar-refractivity contribution < 1.29 is 18.7 Å². The van der Waals surface area contributed by atoms with E-state index in [0.29, 0.717) is 49.0 Å². The maximum Gasteiger partial charge on any atom is 0.260 e. The zero-order valence-corrected chi connectivity index (χ0v) is 18.4. The molecular weight excluding hydrogens is 428 g/mol. The number of amides is 2. The van der Waals surface area contributed by atoms with E-state index in [-0.39, 0.29) is 24.3 Å². The van der Waals surface area contributed by atoms with Crippen molar-refractivity contribution >= 4 is 23.4 Å². The van der Waals surface area contributed by atoms with Crippen molar-refractivity contribution in [2.45, 2.75) is 19.4 Å². The quantitative estimate of drug-likeness (QED) is 0.571. The third-order valence-electron chi connectivity index (χ3n) is 5.55. The molecule has 1 aliphatic heterocycles. The van der Waals surface area contributed by atoms with Gasteiger partial charge in [0.15, 0.2) is 6.61 Å². The summed E-state index contributed by atoms with van der Waals surface area (Å²) in [5.41, 5.74) is 0.931. The Kier molecular flexibility index (Phi) is 7.12. The smallest absolute Gasteiger partial charge is 0.260 e. The fourth-order valence-electron chi connectivity index (χ4n) is 3.70. The van der Waals surface area contributed by atoms with Crippen molar-refractivity contribution in [3.8, 4) is 17.1 Å². The van der Waals surface area contributed by atoms with Gasteiger partial charge in [-0.15, -0.1) is 0 Å². The second kappa shape index (κ2) is 10.4. The molecule has 7 heteroatoms. The summed E-state index contributed by atoms with van der Waals surface area (Å²) in [5.74, 6) is 1.91. The van der Waals surface area contributed by atoms with Gasteiger partial charge >= 0.3 is 0 Å². The molecule has 1 aromatic heterocycles. The van der Waals surface area contributed by atoms with Crippen LogP contribution in [0.3, 0.4) is 0 Å². The lowest BCUT2D eigenvalue weighted by Gasteiger charge is -2.31. The molecule has 2 amide bonds. The van der Waals surface area contributed by atoms with E-state index in [9.17, 15) is 9.59 Å². The molecule has 0 radical (unpaired) electrons. The van der Waals surface area contributed by atoms with Crippen LogP contribution in [-0.4, -0.2) is 36.4 Å². The molecule has 4 rings (SSSR count). The van der Waals surface area contributed by atoms with Gasteiger partial charge in [0.25, 0.3) is 5.91 Å². The van der Waals surface area contributed by atoms with Crippen LogP contribution in [-0.2, 0) is 16.1 Å². The molecule has 0 unspecified atom stereocenters. The van der Waals surface area contributed by atoms with Crippen molar-refractivity contribution in [3.05, 3.63) is 77.5 Å². The summed E-state index contributed by atoms with van der Waals surface area (Å²) in [7, 11) is 0. The largest absolute Gasteiger partial charge is 0.484 e. The number of furan rings is 1.